The van der Waals surface area contributed by atoms with Gasteiger partial charge in [-0.15, -0.1) is 0 Å². The van der Waals surface area contributed by atoms with Crippen LogP contribution in [0.5, 0.6) is 5.88 Å². The van der Waals surface area contributed by atoms with E-state index in [1.165, 1.54) is 13.4 Å². The van der Waals surface area contributed by atoms with Crippen LogP contribution in [0.4, 0.5) is 0 Å². The highest BCUT2D eigenvalue weighted by molar-refractivity contribution is 7.89. The molecule has 7 nitrogen and oxygen atoms in total. The molecule has 0 unspecified atom stereocenters. The number of ether oxygens (including phenoxy) is 1. The number of nitrogens with zero attached hydrogens (tertiary/aromatic N) is 3. The third-order valence-corrected chi connectivity index (χ3v) is 5.67. The lowest BCUT2D eigenvalue weighted by molar-refractivity contribution is 0.131. The van der Waals surface area contributed by atoms with E-state index < -0.39 is 10.0 Å². The zero-order chi connectivity index (χ0) is 15.6. The summed E-state index contributed by atoms with van der Waals surface area (Å²) < 4.78 is 33.3. The molecule has 0 atom stereocenters. The second kappa shape index (κ2) is 6.21. The van der Waals surface area contributed by atoms with Gasteiger partial charge >= 0.3 is 0 Å². The summed E-state index contributed by atoms with van der Waals surface area (Å²) in [5.74, 6) is 0.995. The zero-order valence-electron chi connectivity index (χ0n) is 12.5. The van der Waals surface area contributed by atoms with Gasteiger partial charge in [0.1, 0.15) is 17.9 Å². The Kier molecular flexibility index (Phi) is 4.30. The van der Waals surface area contributed by atoms with Crippen molar-refractivity contribution in [3.05, 3.63) is 24.7 Å². The third-order valence-electron chi connectivity index (χ3n) is 4.14. The number of sulfonamides is 1. The Morgan fingerprint density at radius 2 is 2.14 bits per heavy atom. The molecule has 0 amide bonds. The van der Waals surface area contributed by atoms with Crippen molar-refractivity contribution >= 4 is 15.5 Å². The average molecular weight is 324 g/mol. The van der Waals surface area contributed by atoms with Crippen LogP contribution in [0.15, 0.2) is 24.7 Å². The summed E-state index contributed by atoms with van der Waals surface area (Å²) in [5.41, 5.74) is 0.849. The van der Waals surface area contributed by atoms with E-state index in [1.54, 1.807) is 4.52 Å². The molecule has 2 heterocycles. The second-order valence-electron chi connectivity index (χ2n) is 5.65. The van der Waals surface area contributed by atoms with Crippen LogP contribution in [0.1, 0.15) is 25.7 Å². The first-order valence-electron chi connectivity index (χ1n) is 7.43. The monoisotopic (exact) mass is 324 g/mol. The van der Waals surface area contributed by atoms with E-state index in [1.807, 2.05) is 18.3 Å². The Labute approximate surface area is 129 Å². The van der Waals surface area contributed by atoms with Gasteiger partial charge in [-0.1, -0.05) is 0 Å². The topological polar surface area (TPSA) is 85.6 Å². The van der Waals surface area contributed by atoms with Gasteiger partial charge in [-0.3, -0.25) is 0 Å². The molecule has 1 saturated carbocycles. The third kappa shape index (κ3) is 3.38. The summed E-state index contributed by atoms with van der Waals surface area (Å²) in [6.07, 6.45) is 6.82. The van der Waals surface area contributed by atoms with E-state index in [0.29, 0.717) is 5.88 Å². The lowest BCUT2D eigenvalue weighted by atomic mass is 9.89. The second-order valence-corrected chi connectivity index (χ2v) is 7.62. The molecule has 120 valence electrons. The van der Waals surface area contributed by atoms with Crippen LogP contribution >= 0.6 is 0 Å². The van der Waals surface area contributed by atoms with Gasteiger partial charge in [0.05, 0.1) is 5.75 Å². The normalized spacial score (nSPS) is 22.8. The lowest BCUT2D eigenvalue weighted by Gasteiger charge is -2.28. The fourth-order valence-electron chi connectivity index (χ4n) is 2.90. The van der Waals surface area contributed by atoms with E-state index in [-0.39, 0.29) is 17.8 Å². The molecule has 22 heavy (non-hydrogen) atoms. The van der Waals surface area contributed by atoms with E-state index in [9.17, 15) is 8.42 Å². The van der Waals surface area contributed by atoms with Gasteiger partial charge in [0, 0.05) is 6.20 Å². The van der Waals surface area contributed by atoms with Gasteiger partial charge in [0.25, 0.3) is 0 Å². The molecule has 0 aliphatic heterocycles. The highest BCUT2D eigenvalue weighted by Crippen LogP contribution is 2.29. The number of rotatable bonds is 5. The van der Waals surface area contributed by atoms with Crippen LogP contribution in [-0.2, 0) is 10.0 Å². The van der Waals surface area contributed by atoms with Crippen LogP contribution in [0, 0.1) is 5.92 Å². The molecule has 0 saturated heterocycles. The molecule has 8 heteroatoms. The molecule has 2 aromatic heterocycles. The lowest BCUT2D eigenvalue weighted by Crippen LogP contribution is -2.31. The smallest absolute Gasteiger partial charge is 0.241 e. The van der Waals surface area contributed by atoms with Crippen LogP contribution in [0.3, 0.4) is 0 Å². The molecule has 0 radical (unpaired) electrons. The maximum Gasteiger partial charge on any atom is 0.241 e. The minimum absolute atomic E-state index is 0.0853. The zero-order valence-corrected chi connectivity index (χ0v) is 13.3. The maximum absolute atomic E-state index is 11.6. The van der Waals surface area contributed by atoms with Crippen molar-refractivity contribution in [1.29, 1.82) is 0 Å². The van der Waals surface area contributed by atoms with Crippen molar-refractivity contribution in [1.82, 2.24) is 19.3 Å². The van der Waals surface area contributed by atoms with Crippen molar-refractivity contribution in [2.24, 2.45) is 5.92 Å². The average Bonchev–Trinajstić information content (AvgIpc) is 2.99. The Hall–Kier alpha value is -1.67. The number of aromatic nitrogens is 3. The molecule has 3 rings (SSSR count). The fraction of sp³-hybridized carbons (Fsp3) is 0.571. The Balaban J connectivity index is 1.59. The molecule has 1 aliphatic rings. The summed E-state index contributed by atoms with van der Waals surface area (Å²) in [4.78, 5) is 4.20. The predicted octanol–water partition coefficient (Wildman–Crippen LogP) is 1.22. The first kappa shape index (κ1) is 15.2. The largest absolute Gasteiger partial charge is 0.473 e. The number of nitrogens with one attached hydrogen (secondary N) is 1. The van der Waals surface area contributed by atoms with Crippen LogP contribution < -0.4 is 9.46 Å². The summed E-state index contributed by atoms with van der Waals surface area (Å²) in [6.45, 7) is 0. The van der Waals surface area contributed by atoms with Crippen molar-refractivity contribution < 1.29 is 13.2 Å². The van der Waals surface area contributed by atoms with E-state index in [4.69, 9.17) is 4.74 Å². The predicted molar refractivity (Wildman–Crippen MR) is 82.2 cm³/mol. The molecule has 1 aliphatic carbocycles. The Morgan fingerprint density at radius 1 is 1.36 bits per heavy atom. The molecular weight excluding hydrogens is 304 g/mol. The van der Waals surface area contributed by atoms with Gasteiger partial charge < -0.3 is 4.74 Å². The first-order valence-corrected chi connectivity index (χ1v) is 9.09. The number of hydrogen-bond acceptors (Lipinski definition) is 5. The molecule has 2 aromatic rings. The van der Waals surface area contributed by atoms with Gasteiger partial charge in [-0.05, 0) is 50.8 Å². The summed E-state index contributed by atoms with van der Waals surface area (Å²) in [6, 6.07) is 3.82. The highest BCUT2D eigenvalue weighted by Gasteiger charge is 2.26. The molecule has 1 fully saturated rings. The quantitative estimate of drug-likeness (QED) is 0.893. The minimum Gasteiger partial charge on any atom is -0.473 e. The molecule has 0 bridgehead atoms. The van der Waals surface area contributed by atoms with E-state index >= 15 is 0 Å². The van der Waals surface area contributed by atoms with Gasteiger partial charge in [-0.2, -0.15) is 10.1 Å². The van der Waals surface area contributed by atoms with Gasteiger partial charge in [0.15, 0.2) is 0 Å². The van der Waals surface area contributed by atoms with Crippen LogP contribution in [0.2, 0.25) is 0 Å². The Morgan fingerprint density at radius 3 is 2.86 bits per heavy atom. The SMILES string of the molecule is CNS(=O)(=O)C[C@H]1CC[C@H](Oc2ncnn3cccc23)CC1. The van der Waals surface area contributed by atoms with Crippen molar-refractivity contribution in [3.8, 4) is 5.88 Å². The molecule has 1 N–H and O–H groups in total. The van der Waals surface area contributed by atoms with Crippen LogP contribution in [-0.4, -0.2) is 41.9 Å². The van der Waals surface area contributed by atoms with Gasteiger partial charge in [-0.25, -0.2) is 17.7 Å². The van der Waals surface area contributed by atoms with E-state index in [2.05, 4.69) is 14.8 Å². The van der Waals surface area contributed by atoms with Crippen molar-refractivity contribution in [2.45, 2.75) is 31.8 Å². The molecular formula is C14H20N4O3S. The standard InChI is InChI=1S/C14H20N4O3S/c1-15-22(19,20)9-11-4-6-12(7-5-11)21-14-13-3-2-8-18(13)17-10-16-14/h2-3,8,10-12,15H,4-7,9H2,1H3/t11-,12-. The highest BCUT2D eigenvalue weighted by atomic mass is 32.2. The molecule has 0 aromatic carbocycles. The number of fused-ring (bicyclic) bond motifs is 1. The summed E-state index contributed by atoms with van der Waals surface area (Å²) in [7, 11) is -1.67. The number of hydrogen-bond donors (Lipinski definition) is 1. The van der Waals surface area contributed by atoms with E-state index in [0.717, 1.165) is 31.2 Å². The fourth-order valence-corrected chi connectivity index (χ4v) is 4.02. The summed E-state index contributed by atoms with van der Waals surface area (Å²) in [5, 5.41) is 4.11. The Bertz CT molecular complexity index is 735. The van der Waals surface area contributed by atoms with Crippen molar-refractivity contribution in [3.63, 3.8) is 0 Å². The first-order chi connectivity index (χ1) is 10.6. The van der Waals surface area contributed by atoms with Crippen molar-refractivity contribution in [2.75, 3.05) is 12.8 Å². The molecule has 0 spiro atoms. The minimum atomic E-state index is -3.13. The van der Waals surface area contributed by atoms with Gasteiger partial charge in [0.2, 0.25) is 15.9 Å². The van der Waals surface area contributed by atoms with Crippen LogP contribution in [0.25, 0.3) is 5.52 Å². The maximum atomic E-state index is 11.6. The summed E-state index contributed by atoms with van der Waals surface area (Å²) >= 11 is 0.